The van der Waals surface area contributed by atoms with E-state index in [0.717, 1.165) is 28.0 Å². The molecule has 0 atom stereocenters. The monoisotopic (exact) mass is 406 g/mol. The minimum atomic E-state index is -0.530. The van der Waals surface area contributed by atoms with E-state index in [9.17, 15) is 9.59 Å². The maximum atomic E-state index is 12.3. The number of esters is 1. The molecule has 0 spiro atoms. The van der Waals surface area contributed by atoms with Crippen LogP contribution in [-0.4, -0.2) is 12.6 Å². The number of carbonyl (C=O) groups excluding carboxylic acids is 1. The molecule has 1 aromatic heterocycles. The van der Waals surface area contributed by atoms with Crippen LogP contribution in [0.4, 0.5) is 0 Å². The molecule has 0 N–H and O–H groups in total. The molecule has 4 aromatic rings. The summed E-state index contributed by atoms with van der Waals surface area (Å²) in [5.74, 6) is 0.415. The van der Waals surface area contributed by atoms with Gasteiger partial charge in [0.15, 0.2) is 12.2 Å². The second-order valence-corrected chi connectivity index (χ2v) is 7.60. The minimum Gasteiger partial charge on any atom is -0.482 e. The van der Waals surface area contributed by atoms with Gasteiger partial charge < -0.3 is 13.9 Å². The highest BCUT2D eigenvalue weighted by atomic mass is 32.1. The van der Waals surface area contributed by atoms with E-state index in [0.29, 0.717) is 27.3 Å². The molecule has 0 saturated carbocycles. The zero-order valence-corrected chi connectivity index (χ0v) is 16.7. The molecule has 0 radical (unpaired) electrons. The van der Waals surface area contributed by atoms with Crippen LogP contribution >= 0.6 is 11.3 Å². The first-order valence-electron chi connectivity index (χ1n) is 9.03. The van der Waals surface area contributed by atoms with Crippen LogP contribution < -0.4 is 14.4 Å². The van der Waals surface area contributed by atoms with Crippen LogP contribution in [0.3, 0.4) is 0 Å². The first-order valence-corrected chi connectivity index (χ1v) is 9.85. The van der Waals surface area contributed by atoms with Crippen LogP contribution in [0.25, 0.3) is 21.4 Å². The Hall–Kier alpha value is -3.38. The lowest BCUT2D eigenvalue weighted by Crippen LogP contribution is -2.17. The van der Waals surface area contributed by atoms with E-state index in [1.54, 1.807) is 12.1 Å². The third-order valence-corrected chi connectivity index (χ3v) is 5.33. The molecule has 0 bridgehead atoms. The Balaban J connectivity index is 1.56. The molecule has 0 amide bonds. The summed E-state index contributed by atoms with van der Waals surface area (Å²) in [4.78, 5) is 23.6. The molecule has 29 heavy (non-hydrogen) atoms. The molecule has 0 aliphatic rings. The molecule has 0 aliphatic heterocycles. The van der Waals surface area contributed by atoms with Gasteiger partial charge in [-0.05, 0) is 48.7 Å². The molecule has 0 aliphatic carbocycles. The van der Waals surface area contributed by atoms with E-state index in [1.807, 2.05) is 62.4 Å². The lowest BCUT2D eigenvalue weighted by molar-refractivity contribution is -0.136. The summed E-state index contributed by atoms with van der Waals surface area (Å²) >= 11 is 0.971. The molecule has 0 saturated heterocycles. The third kappa shape index (κ3) is 4.22. The second-order valence-electron chi connectivity index (χ2n) is 6.63. The van der Waals surface area contributed by atoms with Crippen molar-refractivity contribution in [3.63, 3.8) is 0 Å². The summed E-state index contributed by atoms with van der Waals surface area (Å²) in [6, 6.07) is 18.5. The number of hydrogen-bond donors (Lipinski definition) is 0. The maximum Gasteiger partial charge on any atom is 0.396 e. The van der Waals surface area contributed by atoms with E-state index < -0.39 is 10.9 Å². The average molecular weight is 406 g/mol. The molecule has 6 heteroatoms. The molecule has 1 heterocycles. The predicted molar refractivity (Wildman–Crippen MR) is 113 cm³/mol. The van der Waals surface area contributed by atoms with Gasteiger partial charge in [0.2, 0.25) is 0 Å². The van der Waals surface area contributed by atoms with Crippen molar-refractivity contribution in [2.75, 3.05) is 6.61 Å². The summed E-state index contributed by atoms with van der Waals surface area (Å²) < 4.78 is 17.0. The SMILES string of the molecule is Cc1ccc(OCC(=O)Oc2cc(-c3ccccc3)c3oc(=O)sc3c2)cc1C. The van der Waals surface area contributed by atoms with Gasteiger partial charge in [-0.25, -0.2) is 9.59 Å². The van der Waals surface area contributed by atoms with Gasteiger partial charge in [0.1, 0.15) is 11.5 Å². The number of ether oxygens (including phenoxy) is 2. The van der Waals surface area contributed by atoms with Crippen molar-refractivity contribution in [1.29, 1.82) is 0 Å². The summed E-state index contributed by atoms with van der Waals surface area (Å²) in [6.07, 6.45) is 0. The molecule has 3 aromatic carbocycles. The quantitative estimate of drug-likeness (QED) is 0.340. The zero-order chi connectivity index (χ0) is 20.4. The Morgan fingerprint density at radius 2 is 1.76 bits per heavy atom. The van der Waals surface area contributed by atoms with Crippen molar-refractivity contribution in [1.82, 2.24) is 0 Å². The third-order valence-electron chi connectivity index (χ3n) is 4.56. The summed E-state index contributed by atoms with van der Waals surface area (Å²) in [5.41, 5.74) is 4.28. The predicted octanol–water partition coefficient (Wildman–Crippen LogP) is 5.12. The average Bonchev–Trinajstić information content (AvgIpc) is 3.09. The van der Waals surface area contributed by atoms with Crippen LogP contribution in [-0.2, 0) is 4.79 Å². The Morgan fingerprint density at radius 1 is 0.966 bits per heavy atom. The zero-order valence-electron chi connectivity index (χ0n) is 15.9. The van der Waals surface area contributed by atoms with E-state index >= 15 is 0 Å². The number of hydrogen-bond acceptors (Lipinski definition) is 6. The summed E-state index contributed by atoms with van der Waals surface area (Å²) in [7, 11) is 0. The van der Waals surface area contributed by atoms with E-state index in [1.165, 1.54) is 0 Å². The van der Waals surface area contributed by atoms with Crippen molar-refractivity contribution >= 4 is 27.6 Å². The first kappa shape index (κ1) is 19.0. The molecule has 5 nitrogen and oxygen atoms in total. The fourth-order valence-corrected chi connectivity index (χ4v) is 3.67. The van der Waals surface area contributed by atoms with E-state index in [-0.39, 0.29) is 6.61 Å². The highest BCUT2D eigenvalue weighted by molar-refractivity contribution is 7.16. The van der Waals surface area contributed by atoms with Crippen molar-refractivity contribution in [3.05, 3.63) is 81.5 Å². The molecule has 0 fully saturated rings. The van der Waals surface area contributed by atoms with Crippen LogP contribution in [0.1, 0.15) is 11.1 Å². The summed E-state index contributed by atoms with van der Waals surface area (Å²) in [5, 5.41) is 0. The molecule has 146 valence electrons. The Kier molecular flexibility index (Phi) is 5.18. The van der Waals surface area contributed by atoms with Crippen LogP contribution in [0.5, 0.6) is 11.5 Å². The van der Waals surface area contributed by atoms with Gasteiger partial charge in [-0.15, -0.1) is 0 Å². The van der Waals surface area contributed by atoms with Gasteiger partial charge in [-0.2, -0.15) is 0 Å². The highest BCUT2D eigenvalue weighted by Crippen LogP contribution is 2.34. The minimum absolute atomic E-state index is 0.219. The van der Waals surface area contributed by atoms with Crippen molar-refractivity contribution < 1.29 is 18.7 Å². The second kappa shape index (κ2) is 7.93. The van der Waals surface area contributed by atoms with Gasteiger partial charge in [0.05, 0.1) is 4.70 Å². The maximum absolute atomic E-state index is 12.3. The number of fused-ring (bicyclic) bond motifs is 1. The number of rotatable bonds is 5. The van der Waals surface area contributed by atoms with Crippen molar-refractivity contribution in [3.8, 4) is 22.6 Å². The van der Waals surface area contributed by atoms with E-state index in [4.69, 9.17) is 13.9 Å². The van der Waals surface area contributed by atoms with Crippen LogP contribution in [0.15, 0.2) is 69.9 Å². The Labute approximate surface area is 171 Å². The summed E-state index contributed by atoms with van der Waals surface area (Å²) in [6.45, 7) is 3.78. The Morgan fingerprint density at radius 3 is 2.52 bits per heavy atom. The number of aryl methyl sites for hydroxylation is 2. The molecule has 0 unspecified atom stereocenters. The normalized spacial score (nSPS) is 10.8. The van der Waals surface area contributed by atoms with Crippen LogP contribution in [0.2, 0.25) is 0 Å². The molecular formula is C23H18O5S. The highest BCUT2D eigenvalue weighted by Gasteiger charge is 2.15. The largest absolute Gasteiger partial charge is 0.482 e. The van der Waals surface area contributed by atoms with E-state index in [2.05, 4.69) is 0 Å². The van der Waals surface area contributed by atoms with Crippen molar-refractivity contribution in [2.45, 2.75) is 13.8 Å². The van der Waals surface area contributed by atoms with Crippen molar-refractivity contribution in [2.24, 2.45) is 0 Å². The van der Waals surface area contributed by atoms with Gasteiger partial charge in [0.25, 0.3) is 0 Å². The fraction of sp³-hybridized carbons (Fsp3) is 0.130. The number of benzene rings is 3. The molecular weight excluding hydrogens is 388 g/mol. The van der Waals surface area contributed by atoms with Gasteiger partial charge in [-0.1, -0.05) is 47.7 Å². The molecule has 4 rings (SSSR count). The van der Waals surface area contributed by atoms with Gasteiger partial charge >= 0.3 is 10.9 Å². The number of carbonyl (C=O) groups is 1. The fourth-order valence-electron chi connectivity index (χ4n) is 2.95. The Bertz CT molecular complexity index is 1240. The van der Waals surface area contributed by atoms with Gasteiger partial charge in [-0.3, -0.25) is 0 Å². The first-order chi connectivity index (χ1) is 14.0. The topological polar surface area (TPSA) is 65.7 Å². The standard InChI is InChI=1S/C23H18O5S/c1-14-8-9-17(10-15(14)2)26-13-21(24)27-18-11-19(16-6-4-3-5-7-16)22-20(12-18)29-23(25)28-22/h3-12H,13H2,1-2H3. The lowest BCUT2D eigenvalue weighted by Gasteiger charge is -2.10. The van der Waals surface area contributed by atoms with Gasteiger partial charge in [0, 0.05) is 11.6 Å². The smallest absolute Gasteiger partial charge is 0.396 e. The lowest BCUT2D eigenvalue weighted by atomic mass is 10.0. The van der Waals surface area contributed by atoms with Crippen LogP contribution in [0, 0.1) is 13.8 Å².